The molecule has 2 aromatic rings. The molecule has 162 valence electrons. The van der Waals surface area contributed by atoms with E-state index in [2.05, 4.69) is 15.6 Å². The van der Waals surface area contributed by atoms with Gasteiger partial charge < -0.3 is 15.4 Å². The van der Waals surface area contributed by atoms with Crippen LogP contribution in [0.25, 0.3) is 0 Å². The molecular formula is C19H19ClF3N3O3S. The lowest BCUT2D eigenvalue weighted by molar-refractivity contribution is -0.137. The smallest absolute Gasteiger partial charge is 0.417 e. The van der Waals surface area contributed by atoms with Crippen LogP contribution in [0, 0.1) is 0 Å². The van der Waals surface area contributed by atoms with Crippen LogP contribution >= 0.6 is 23.4 Å². The van der Waals surface area contributed by atoms with Crippen molar-refractivity contribution >= 4 is 35.4 Å². The Kier molecular flexibility index (Phi) is 8.79. The average Bonchev–Trinajstić information content (AvgIpc) is 2.70. The number of ether oxygens (including phenoxy) is 1. The van der Waals surface area contributed by atoms with E-state index < -0.39 is 29.8 Å². The summed E-state index contributed by atoms with van der Waals surface area (Å²) < 4.78 is 42.9. The Morgan fingerprint density at radius 2 is 1.97 bits per heavy atom. The van der Waals surface area contributed by atoms with Crippen molar-refractivity contribution in [3.05, 3.63) is 58.7 Å². The zero-order chi connectivity index (χ0) is 22.1. The standard InChI is InChI=1S/C19H19ClF3N3O3S/c1-12(26-18(28)29-11-13-5-3-2-4-6-13)16(27)24-7-8-30-17-15(20)9-14(10-25-17)19(21,22)23/h2-6,9-10,12H,7-8,11H2,1H3,(H,24,27)(H,26,28)/t12-/m0/s1. The maximum atomic E-state index is 12.6. The lowest BCUT2D eigenvalue weighted by Gasteiger charge is -2.14. The van der Waals surface area contributed by atoms with Crippen molar-refractivity contribution in [3.63, 3.8) is 0 Å². The minimum absolute atomic E-state index is 0.0819. The van der Waals surface area contributed by atoms with Crippen LogP contribution in [0.5, 0.6) is 0 Å². The number of alkyl halides is 3. The summed E-state index contributed by atoms with van der Waals surface area (Å²) in [7, 11) is 0. The molecule has 2 amide bonds. The highest BCUT2D eigenvalue weighted by molar-refractivity contribution is 7.99. The Balaban J connectivity index is 1.69. The van der Waals surface area contributed by atoms with Gasteiger partial charge in [-0.2, -0.15) is 13.2 Å². The number of nitrogens with zero attached hydrogens (tertiary/aromatic N) is 1. The number of benzene rings is 1. The molecule has 0 aliphatic carbocycles. The summed E-state index contributed by atoms with van der Waals surface area (Å²) in [5.41, 5.74) is -0.110. The van der Waals surface area contributed by atoms with E-state index in [-0.39, 0.29) is 23.2 Å². The van der Waals surface area contributed by atoms with Crippen molar-refractivity contribution < 1.29 is 27.5 Å². The fraction of sp³-hybridized carbons (Fsp3) is 0.316. The van der Waals surface area contributed by atoms with Crippen molar-refractivity contribution in [3.8, 4) is 0 Å². The monoisotopic (exact) mass is 461 g/mol. The van der Waals surface area contributed by atoms with E-state index in [1.807, 2.05) is 18.2 Å². The van der Waals surface area contributed by atoms with Crippen LogP contribution < -0.4 is 10.6 Å². The summed E-state index contributed by atoms with van der Waals surface area (Å²) in [4.78, 5) is 27.5. The number of hydrogen-bond donors (Lipinski definition) is 2. The Bertz CT molecular complexity index is 869. The maximum absolute atomic E-state index is 12.6. The third-order valence-electron chi connectivity index (χ3n) is 3.72. The zero-order valence-corrected chi connectivity index (χ0v) is 17.4. The Hall–Kier alpha value is -2.46. The third-order valence-corrected chi connectivity index (χ3v) is 5.12. The summed E-state index contributed by atoms with van der Waals surface area (Å²) >= 11 is 6.93. The molecule has 1 heterocycles. The van der Waals surface area contributed by atoms with Gasteiger partial charge >= 0.3 is 12.3 Å². The van der Waals surface area contributed by atoms with Crippen LogP contribution in [0.15, 0.2) is 47.6 Å². The number of aromatic nitrogens is 1. The minimum Gasteiger partial charge on any atom is -0.445 e. The van der Waals surface area contributed by atoms with Crippen molar-refractivity contribution in [2.75, 3.05) is 12.3 Å². The quantitative estimate of drug-likeness (QED) is 0.453. The van der Waals surface area contributed by atoms with E-state index in [9.17, 15) is 22.8 Å². The number of nitrogens with one attached hydrogen (secondary N) is 2. The van der Waals surface area contributed by atoms with Crippen LogP contribution in [-0.2, 0) is 22.3 Å². The summed E-state index contributed by atoms with van der Waals surface area (Å²) in [6, 6.07) is 9.07. The van der Waals surface area contributed by atoms with E-state index in [0.717, 1.165) is 23.4 Å². The molecule has 1 aromatic heterocycles. The highest BCUT2D eigenvalue weighted by atomic mass is 35.5. The third kappa shape index (κ3) is 7.75. The van der Waals surface area contributed by atoms with Gasteiger partial charge in [-0.15, -0.1) is 11.8 Å². The molecule has 0 saturated carbocycles. The van der Waals surface area contributed by atoms with Crippen LogP contribution in [0.1, 0.15) is 18.1 Å². The number of carbonyl (C=O) groups is 2. The van der Waals surface area contributed by atoms with Gasteiger partial charge in [0.15, 0.2) is 0 Å². The number of halogens is 4. The predicted octanol–water partition coefficient (Wildman–Crippen LogP) is 4.28. The molecule has 11 heteroatoms. The number of alkyl carbamates (subject to hydrolysis) is 1. The van der Waals surface area contributed by atoms with Gasteiger partial charge in [0.25, 0.3) is 0 Å². The molecule has 0 aliphatic heterocycles. The van der Waals surface area contributed by atoms with Crippen LogP contribution in [-0.4, -0.2) is 35.3 Å². The first kappa shape index (κ1) is 23.8. The molecule has 0 bridgehead atoms. The topological polar surface area (TPSA) is 80.3 Å². The van der Waals surface area contributed by atoms with Gasteiger partial charge in [-0.25, -0.2) is 9.78 Å². The SMILES string of the molecule is C[C@H](NC(=O)OCc1ccccc1)C(=O)NCCSc1ncc(C(F)(F)F)cc1Cl. The molecule has 2 N–H and O–H groups in total. The molecular weight excluding hydrogens is 443 g/mol. The van der Waals surface area contributed by atoms with E-state index in [4.69, 9.17) is 16.3 Å². The van der Waals surface area contributed by atoms with Crippen molar-refractivity contribution in [2.45, 2.75) is 30.8 Å². The molecule has 30 heavy (non-hydrogen) atoms. The minimum atomic E-state index is -4.51. The van der Waals surface area contributed by atoms with E-state index in [0.29, 0.717) is 11.9 Å². The highest BCUT2D eigenvalue weighted by Crippen LogP contribution is 2.33. The van der Waals surface area contributed by atoms with Gasteiger partial charge in [0.1, 0.15) is 17.7 Å². The molecule has 0 spiro atoms. The van der Waals surface area contributed by atoms with Crippen molar-refractivity contribution in [1.29, 1.82) is 0 Å². The zero-order valence-electron chi connectivity index (χ0n) is 15.8. The van der Waals surface area contributed by atoms with Gasteiger partial charge in [0.05, 0.1) is 10.6 Å². The maximum Gasteiger partial charge on any atom is 0.417 e. The fourth-order valence-electron chi connectivity index (χ4n) is 2.17. The fourth-order valence-corrected chi connectivity index (χ4v) is 3.22. The van der Waals surface area contributed by atoms with Gasteiger partial charge in [-0.3, -0.25) is 4.79 Å². The number of pyridine rings is 1. The van der Waals surface area contributed by atoms with E-state index >= 15 is 0 Å². The first-order valence-electron chi connectivity index (χ1n) is 8.77. The van der Waals surface area contributed by atoms with E-state index in [1.54, 1.807) is 12.1 Å². The van der Waals surface area contributed by atoms with Gasteiger partial charge in [-0.1, -0.05) is 41.9 Å². The average molecular weight is 462 g/mol. The second-order valence-electron chi connectivity index (χ2n) is 6.08. The number of amides is 2. The molecule has 1 aromatic carbocycles. The van der Waals surface area contributed by atoms with Gasteiger partial charge in [-0.05, 0) is 18.6 Å². The molecule has 0 radical (unpaired) electrons. The van der Waals surface area contributed by atoms with Gasteiger partial charge in [0.2, 0.25) is 5.91 Å². The second-order valence-corrected chi connectivity index (χ2v) is 7.57. The molecule has 1 atom stereocenters. The highest BCUT2D eigenvalue weighted by Gasteiger charge is 2.31. The normalized spacial score (nSPS) is 12.2. The molecule has 0 saturated heterocycles. The van der Waals surface area contributed by atoms with Crippen molar-refractivity contribution in [2.24, 2.45) is 0 Å². The molecule has 0 aliphatic rings. The molecule has 6 nitrogen and oxygen atoms in total. The van der Waals surface area contributed by atoms with Crippen LogP contribution in [0.4, 0.5) is 18.0 Å². The van der Waals surface area contributed by atoms with E-state index in [1.165, 1.54) is 6.92 Å². The number of hydrogen-bond acceptors (Lipinski definition) is 5. The van der Waals surface area contributed by atoms with Crippen LogP contribution in [0.2, 0.25) is 5.02 Å². The summed E-state index contributed by atoms with van der Waals surface area (Å²) in [5.74, 6) is -0.103. The summed E-state index contributed by atoms with van der Waals surface area (Å²) in [5, 5.41) is 5.14. The van der Waals surface area contributed by atoms with Crippen molar-refractivity contribution in [1.82, 2.24) is 15.6 Å². The van der Waals surface area contributed by atoms with Gasteiger partial charge in [0, 0.05) is 18.5 Å². The first-order valence-corrected chi connectivity index (χ1v) is 10.1. The largest absolute Gasteiger partial charge is 0.445 e. The molecule has 0 unspecified atom stereocenters. The lowest BCUT2D eigenvalue weighted by Crippen LogP contribution is -2.45. The number of rotatable bonds is 8. The summed E-state index contributed by atoms with van der Waals surface area (Å²) in [6.07, 6.45) is -4.53. The first-order chi connectivity index (χ1) is 14.2. The second kappa shape index (κ2) is 11.1. The Labute approximate surface area is 180 Å². The lowest BCUT2D eigenvalue weighted by atomic mass is 10.2. The predicted molar refractivity (Wildman–Crippen MR) is 107 cm³/mol. The summed E-state index contributed by atoms with van der Waals surface area (Å²) in [6.45, 7) is 1.78. The number of thioether (sulfide) groups is 1. The van der Waals surface area contributed by atoms with Crippen LogP contribution in [0.3, 0.4) is 0 Å². The molecule has 2 rings (SSSR count). The molecule has 0 fully saturated rings. The number of carbonyl (C=O) groups excluding carboxylic acids is 2. The Morgan fingerprint density at radius 1 is 1.27 bits per heavy atom. The Morgan fingerprint density at radius 3 is 2.60 bits per heavy atom.